The average Bonchev–Trinajstić information content (AvgIpc) is 2.30. The molecule has 0 saturated carbocycles. The summed E-state index contributed by atoms with van der Waals surface area (Å²) in [5.74, 6) is 1.44. The zero-order valence-electron chi connectivity index (χ0n) is 9.82. The highest BCUT2D eigenvalue weighted by atomic mass is 16.5. The summed E-state index contributed by atoms with van der Waals surface area (Å²) in [6, 6.07) is 3.61. The minimum atomic E-state index is 0.207. The molecule has 16 heavy (non-hydrogen) atoms. The van der Waals surface area contributed by atoms with E-state index in [1.54, 1.807) is 20.3 Å². The Balaban J connectivity index is 2.88. The number of rotatable bonds is 6. The molecule has 0 bridgehead atoms. The maximum absolute atomic E-state index is 8.74. The van der Waals surface area contributed by atoms with Gasteiger partial charge in [-0.2, -0.15) is 0 Å². The molecule has 3 N–H and O–H groups in total. The molecule has 0 aliphatic rings. The Labute approximate surface area is 96.0 Å². The second-order valence-electron chi connectivity index (χ2n) is 3.58. The van der Waals surface area contributed by atoms with E-state index in [4.69, 9.17) is 20.3 Å². The molecule has 4 nitrogen and oxygen atoms in total. The van der Waals surface area contributed by atoms with Crippen LogP contribution in [0.4, 0.5) is 5.69 Å². The van der Waals surface area contributed by atoms with Gasteiger partial charge in [0.15, 0.2) is 0 Å². The highest BCUT2D eigenvalue weighted by Gasteiger charge is 2.09. The second kappa shape index (κ2) is 6.23. The molecule has 90 valence electrons. The normalized spacial score (nSPS) is 10.2. The van der Waals surface area contributed by atoms with Crippen molar-refractivity contribution in [2.24, 2.45) is 0 Å². The minimum absolute atomic E-state index is 0.207. The predicted molar refractivity (Wildman–Crippen MR) is 64.0 cm³/mol. The Hall–Kier alpha value is -1.42. The Bertz CT molecular complexity index is 339. The van der Waals surface area contributed by atoms with Crippen LogP contribution in [0.25, 0.3) is 0 Å². The third-order valence-corrected chi connectivity index (χ3v) is 2.51. The van der Waals surface area contributed by atoms with E-state index < -0.39 is 0 Å². The maximum Gasteiger partial charge on any atom is 0.127 e. The van der Waals surface area contributed by atoms with Crippen molar-refractivity contribution < 1.29 is 14.6 Å². The van der Waals surface area contributed by atoms with Crippen LogP contribution < -0.4 is 15.2 Å². The van der Waals surface area contributed by atoms with Crippen molar-refractivity contribution in [2.75, 3.05) is 26.6 Å². The van der Waals surface area contributed by atoms with Gasteiger partial charge in [0.05, 0.1) is 14.2 Å². The Morgan fingerprint density at radius 1 is 1.19 bits per heavy atom. The number of benzene rings is 1. The van der Waals surface area contributed by atoms with E-state index in [1.807, 2.05) is 6.07 Å². The van der Waals surface area contributed by atoms with Crippen LogP contribution in [0.2, 0.25) is 0 Å². The standard InChI is InChI=1S/C12H19NO3/c1-15-9-7-11(13)10(5-3-4-6-14)12(8-9)16-2/h7-8,14H,3-6,13H2,1-2H3. The van der Waals surface area contributed by atoms with Gasteiger partial charge in [0.2, 0.25) is 0 Å². The van der Waals surface area contributed by atoms with Crippen LogP contribution in [0.5, 0.6) is 11.5 Å². The van der Waals surface area contributed by atoms with Crippen molar-refractivity contribution in [3.8, 4) is 11.5 Å². The minimum Gasteiger partial charge on any atom is -0.497 e. The van der Waals surface area contributed by atoms with Crippen LogP contribution in [0.3, 0.4) is 0 Å². The molecule has 0 saturated heterocycles. The zero-order valence-corrected chi connectivity index (χ0v) is 9.82. The molecule has 0 aliphatic heterocycles. The lowest BCUT2D eigenvalue weighted by molar-refractivity contribution is 0.284. The third-order valence-electron chi connectivity index (χ3n) is 2.51. The first-order chi connectivity index (χ1) is 7.72. The van der Waals surface area contributed by atoms with Gasteiger partial charge in [-0.25, -0.2) is 0 Å². The van der Waals surface area contributed by atoms with Gasteiger partial charge < -0.3 is 20.3 Å². The number of aliphatic hydroxyl groups is 1. The molecule has 1 rings (SSSR count). The molecule has 4 heteroatoms. The summed E-state index contributed by atoms with van der Waals surface area (Å²) < 4.78 is 10.4. The second-order valence-corrected chi connectivity index (χ2v) is 3.58. The number of hydrogen-bond acceptors (Lipinski definition) is 4. The van der Waals surface area contributed by atoms with Crippen LogP contribution >= 0.6 is 0 Å². The number of ether oxygens (including phenoxy) is 2. The number of nitrogen functional groups attached to an aromatic ring is 1. The van der Waals surface area contributed by atoms with Crippen LogP contribution in [-0.2, 0) is 6.42 Å². The summed E-state index contributed by atoms with van der Waals surface area (Å²) in [4.78, 5) is 0. The highest BCUT2D eigenvalue weighted by molar-refractivity contribution is 5.58. The lowest BCUT2D eigenvalue weighted by Gasteiger charge is -2.13. The summed E-state index contributed by atoms with van der Waals surface area (Å²) in [6.07, 6.45) is 2.47. The van der Waals surface area contributed by atoms with E-state index in [0.29, 0.717) is 11.4 Å². The van der Waals surface area contributed by atoms with Gasteiger partial charge in [0, 0.05) is 30.0 Å². The summed E-state index contributed by atoms with van der Waals surface area (Å²) in [5, 5.41) is 8.74. The van der Waals surface area contributed by atoms with Crippen molar-refractivity contribution in [3.63, 3.8) is 0 Å². The molecule has 0 unspecified atom stereocenters. The average molecular weight is 225 g/mol. The van der Waals surface area contributed by atoms with Crippen molar-refractivity contribution in [1.82, 2.24) is 0 Å². The SMILES string of the molecule is COc1cc(N)c(CCCCO)c(OC)c1. The molecule has 0 atom stereocenters. The lowest BCUT2D eigenvalue weighted by atomic mass is 10.0. The van der Waals surface area contributed by atoms with Crippen LogP contribution in [-0.4, -0.2) is 25.9 Å². The van der Waals surface area contributed by atoms with E-state index in [2.05, 4.69) is 0 Å². The molecule has 0 fully saturated rings. The highest BCUT2D eigenvalue weighted by Crippen LogP contribution is 2.31. The van der Waals surface area contributed by atoms with Crippen LogP contribution in [0.15, 0.2) is 12.1 Å². The number of aliphatic hydroxyl groups excluding tert-OH is 1. The van der Waals surface area contributed by atoms with E-state index in [0.717, 1.165) is 30.6 Å². The molecular weight excluding hydrogens is 206 g/mol. The molecule has 0 radical (unpaired) electrons. The fourth-order valence-electron chi connectivity index (χ4n) is 1.62. The smallest absolute Gasteiger partial charge is 0.127 e. The first kappa shape index (κ1) is 12.6. The van der Waals surface area contributed by atoms with Gasteiger partial charge in [-0.15, -0.1) is 0 Å². The Morgan fingerprint density at radius 2 is 1.94 bits per heavy atom. The van der Waals surface area contributed by atoms with Crippen molar-refractivity contribution in [3.05, 3.63) is 17.7 Å². The quantitative estimate of drug-likeness (QED) is 0.570. The molecule has 1 aromatic rings. The maximum atomic E-state index is 8.74. The number of nitrogens with two attached hydrogens (primary N) is 1. The number of unbranched alkanes of at least 4 members (excludes halogenated alkanes) is 1. The van der Waals surface area contributed by atoms with Gasteiger partial charge >= 0.3 is 0 Å². The van der Waals surface area contributed by atoms with Crippen LogP contribution in [0, 0.1) is 0 Å². The molecule has 0 aromatic heterocycles. The van der Waals surface area contributed by atoms with Crippen molar-refractivity contribution in [2.45, 2.75) is 19.3 Å². The van der Waals surface area contributed by atoms with E-state index >= 15 is 0 Å². The summed E-state index contributed by atoms with van der Waals surface area (Å²) in [6.45, 7) is 0.207. The molecular formula is C12H19NO3. The van der Waals surface area contributed by atoms with Gasteiger partial charge in [0.25, 0.3) is 0 Å². The molecule has 0 amide bonds. The molecule has 0 heterocycles. The van der Waals surface area contributed by atoms with E-state index in [1.165, 1.54) is 0 Å². The Kier molecular flexibility index (Phi) is 4.92. The number of hydrogen-bond donors (Lipinski definition) is 2. The first-order valence-corrected chi connectivity index (χ1v) is 5.34. The lowest BCUT2D eigenvalue weighted by Crippen LogP contribution is -2.00. The van der Waals surface area contributed by atoms with Gasteiger partial charge in [0.1, 0.15) is 11.5 Å². The first-order valence-electron chi connectivity index (χ1n) is 5.34. The zero-order chi connectivity index (χ0) is 12.0. The summed E-state index contributed by atoms with van der Waals surface area (Å²) in [7, 11) is 3.21. The summed E-state index contributed by atoms with van der Waals surface area (Å²) in [5.41, 5.74) is 7.59. The van der Waals surface area contributed by atoms with Gasteiger partial charge in [-0.1, -0.05) is 0 Å². The molecule has 1 aromatic carbocycles. The fourth-order valence-corrected chi connectivity index (χ4v) is 1.62. The largest absolute Gasteiger partial charge is 0.497 e. The van der Waals surface area contributed by atoms with Gasteiger partial charge in [-0.05, 0) is 19.3 Å². The van der Waals surface area contributed by atoms with Crippen molar-refractivity contribution >= 4 is 5.69 Å². The van der Waals surface area contributed by atoms with E-state index in [-0.39, 0.29) is 6.61 Å². The molecule has 0 spiro atoms. The number of methoxy groups -OCH3 is 2. The number of anilines is 1. The summed E-state index contributed by atoms with van der Waals surface area (Å²) >= 11 is 0. The third kappa shape index (κ3) is 3.03. The van der Waals surface area contributed by atoms with Gasteiger partial charge in [-0.3, -0.25) is 0 Å². The Morgan fingerprint density at radius 3 is 2.50 bits per heavy atom. The predicted octanol–water partition coefficient (Wildman–Crippen LogP) is 1.60. The topological polar surface area (TPSA) is 64.7 Å². The monoisotopic (exact) mass is 225 g/mol. The fraction of sp³-hybridized carbons (Fsp3) is 0.500. The van der Waals surface area contributed by atoms with E-state index in [9.17, 15) is 0 Å². The van der Waals surface area contributed by atoms with Crippen LogP contribution in [0.1, 0.15) is 18.4 Å². The molecule has 0 aliphatic carbocycles. The van der Waals surface area contributed by atoms with Crippen molar-refractivity contribution in [1.29, 1.82) is 0 Å².